The second kappa shape index (κ2) is 11.9. The van der Waals surface area contributed by atoms with Gasteiger partial charge in [0, 0.05) is 41.2 Å². The van der Waals surface area contributed by atoms with Gasteiger partial charge in [0.1, 0.15) is 11.6 Å². The zero-order valence-corrected chi connectivity index (χ0v) is 23.9. The van der Waals surface area contributed by atoms with E-state index in [0.717, 1.165) is 23.0 Å². The summed E-state index contributed by atoms with van der Waals surface area (Å²) >= 11 is 13.5. The first-order valence-electron chi connectivity index (χ1n) is 12.3. The summed E-state index contributed by atoms with van der Waals surface area (Å²) in [6.07, 6.45) is -3.56. The molecule has 1 fully saturated rings. The van der Waals surface area contributed by atoms with Crippen LogP contribution in [0.3, 0.4) is 0 Å². The molecule has 14 heteroatoms. The minimum atomic E-state index is -4.86. The number of esters is 1. The predicted octanol–water partition coefficient (Wildman–Crippen LogP) is 7.32. The average molecular weight is 639 g/mol. The number of carbonyl (C=O) groups excluding carboxylic acids is 2. The highest BCUT2D eigenvalue weighted by Gasteiger charge is 2.40. The highest BCUT2D eigenvalue weighted by molar-refractivity contribution is 7.14. The van der Waals surface area contributed by atoms with E-state index in [2.05, 4.69) is 15.3 Å². The summed E-state index contributed by atoms with van der Waals surface area (Å²) in [6, 6.07) is 11.5. The van der Waals surface area contributed by atoms with Crippen molar-refractivity contribution >= 4 is 57.4 Å². The molecule has 2 atom stereocenters. The van der Waals surface area contributed by atoms with E-state index in [0.29, 0.717) is 23.5 Å². The summed E-state index contributed by atoms with van der Waals surface area (Å²) < 4.78 is 58.8. The number of anilines is 2. The third kappa shape index (κ3) is 6.06. The second-order valence-corrected chi connectivity index (χ2v) is 11.1. The van der Waals surface area contributed by atoms with Gasteiger partial charge in [-0.3, -0.25) is 14.9 Å². The Labute approximate surface area is 251 Å². The van der Waals surface area contributed by atoms with Crippen molar-refractivity contribution in [1.29, 1.82) is 0 Å². The molecule has 2 aromatic carbocycles. The van der Waals surface area contributed by atoms with Gasteiger partial charge in [0.05, 0.1) is 34.9 Å². The van der Waals surface area contributed by atoms with Crippen molar-refractivity contribution in [3.8, 4) is 11.3 Å². The number of carbonyl (C=O) groups is 2. The van der Waals surface area contributed by atoms with Gasteiger partial charge in [0.15, 0.2) is 5.13 Å². The Morgan fingerprint density at radius 3 is 2.52 bits per heavy atom. The molecule has 0 aliphatic carbocycles. The number of alkyl halides is 3. The topological polar surface area (TPSA) is 84.4 Å². The van der Waals surface area contributed by atoms with Crippen LogP contribution in [0, 0.1) is 11.7 Å². The fraction of sp³-hybridized carbons (Fsp3) is 0.214. The maximum Gasteiger partial charge on any atom is 0.419 e. The van der Waals surface area contributed by atoms with Crippen LogP contribution < -0.4 is 10.2 Å². The monoisotopic (exact) mass is 638 g/mol. The van der Waals surface area contributed by atoms with Crippen LogP contribution in [0.2, 0.25) is 10.0 Å². The molecule has 1 aliphatic heterocycles. The van der Waals surface area contributed by atoms with Crippen molar-refractivity contribution in [2.24, 2.45) is 5.92 Å². The Kier molecular flexibility index (Phi) is 8.40. The van der Waals surface area contributed by atoms with Gasteiger partial charge >= 0.3 is 12.1 Å². The number of amides is 1. The number of hydrogen-bond acceptors (Lipinski definition) is 7. The van der Waals surface area contributed by atoms with Gasteiger partial charge < -0.3 is 9.64 Å². The molecule has 4 aromatic rings. The molecule has 3 heterocycles. The standard InChI is InChI=1S/C28H20Cl2F4N4O3S/c1-41-26(40)19-12-38(11-18(19)14-5-7-16(29)8-6-14)24-21(30)9-15(10-35-24)25(39)37-27-36-22(13-42-27)17-3-2-4-20(23(17)31)28(32,33)34/h2-10,13,18-19H,11-12H2,1H3,(H,36,37,39)/t18-,19+/m1/s1. The predicted molar refractivity (Wildman–Crippen MR) is 152 cm³/mol. The van der Waals surface area contributed by atoms with Gasteiger partial charge in [-0.1, -0.05) is 41.4 Å². The summed E-state index contributed by atoms with van der Waals surface area (Å²) in [5, 5.41) is 4.64. The fourth-order valence-electron chi connectivity index (χ4n) is 4.78. The van der Waals surface area contributed by atoms with Gasteiger partial charge in [-0.2, -0.15) is 13.2 Å². The van der Waals surface area contributed by atoms with Crippen LogP contribution in [0.1, 0.15) is 27.4 Å². The van der Waals surface area contributed by atoms with Crippen LogP contribution >= 0.6 is 34.5 Å². The van der Waals surface area contributed by atoms with E-state index in [-0.39, 0.29) is 45.4 Å². The van der Waals surface area contributed by atoms with Gasteiger partial charge in [-0.15, -0.1) is 11.3 Å². The molecule has 0 saturated carbocycles. The van der Waals surface area contributed by atoms with Gasteiger partial charge in [-0.25, -0.2) is 14.4 Å². The Bertz CT molecular complexity index is 1650. The van der Waals surface area contributed by atoms with Crippen LogP contribution in [-0.2, 0) is 15.7 Å². The number of pyridine rings is 1. The highest BCUT2D eigenvalue weighted by Crippen LogP contribution is 2.39. The minimum Gasteiger partial charge on any atom is -0.469 e. The molecule has 0 radical (unpaired) electrons. The number of halogens is 6. The van der Waals surface area contributed by atoms with E-state index in [9.17, 15) is 27.2 Å². The summed E-state index contributed by atoms with van der Waals surface area (Å²) in [4.78, 5) is 35.7. The maximum absolute atomic E-state index is 14.5. The lowest BCUT2D eigenvalue weighted by molar-refractivity contribution is -0.145. The van der Waals surface area contributed by atoms with Crippen LogP contribution in [0.25, 0.3) is 11.3 Å². The molecule has 42 heavy (non-hydrogen) atoms. The molecular formula is C28H20Cl2F4N4O3S. The Hall–Kier alpha value is -3.74. The van der Waals surface area contributed by atoms with E-state index in [1.54, 1.807) is 12.1 Å². The number of benzene rings is 2. The number of thiazole rings is 1. The lowest BCUT2D eigenvalue weighted by atomic mass is 9.89. The number of nitrogens with zero attached hydrogens (tertiary/aromatic N) is 3. The normalized spacial score (nSPS) is 16.9. The molecule has 1 N–H and O–H groups in total. The zero-order chi connectivity index (χ0) is 30.2. The molecule has 1 aliphatic rings. The smallest absolute Gasteiger partial charge is 0.419 e. The van der Waals surface area contributed by atoms with Crippen LogP contribution in [0.5, 0.6) is 0 Å². The average Bonchev–Trinajstić information content (AvgIpc) is 3.60. The highest BCUT2D eigenvalue weighted by atomic mass is 35.5. The van der Waals surface area contributed by atoms with Crippen molar-refractivity contribution in [3.63, 3.8) is 0 Å². The molecule has 0 bridgehead atoms. The molecule has 1 amide bonds. The second-order valence-electron chi connectivity index (χ2n) is 9.38. The summed E-state index contributed by atoms with van der Waals surface area (Å²) in [7, 11) is 1.32. The Morgan fingerprint density at radius 1 is 1.12 bits per heavy atom. The number of hydrogen-bond donors (Lipinski definition) is 1. The molecule has 5 rings (SSSR count). The number of nitrogens with one attached hydrogen (secondary N) is 1. The SMILES string of the molecule is COC(=O)[C@H]1CN(c2ncc(C(=O)Nc3nc(-c4cccc(C(F)(F)F)c4F)cs3)cc2Cl)C[C@@H]1c1ccc(Cl)cc1. The van der Waals surface area contributed by atoms with Crippen molar-refractivity contribution in [2.45, 2.75) is 12.1 Å². The number of ether oxygens (including phenoxy) is 1. The summed E-state index contributed by atoms with van der Waals surface area (Å²) in [5.74, 6) is -2.79. The molecule has 7 nitrogen and oxygen atoms in total. The summed E-state index contributed by atoms with van der Waals surface area (Å²) in [5.41, 5.74) is -0.825. The minimum absolute atomic E-state index is 0.0401. The third-order valence-corrected chi connectivity index (χ3v) is 8.10. The van der Waals surface area contributed by atoms with Gasteiger partial charge in [0.2, 0.25) is 0 Å². The molecule has 218 valence electrons. The van der Waals surface area contributed by atoms with E-state index < -0.39 is 29.4 Å². The van der Waals surface area contributed by atoms with Crippen molar-refractivity contribution in [2.75, 3.05) is 30.4 Å². The molecular weight excluding hydrogens is 619 g/mol. The molecule has 1 saturated heterocycles. The number of aromatic nitrogens is 2. The molecule has 0 unspecified atom stereocenters. The van der Waals surface area contributed by atoms with E-state index in [1.165, 1.54) is 30.8 Å². The molecule has 0 spiro atoms. The zero-order valence-electron chi connectivity index (χ0n) is 21.6. The van der Waals surface area contributed by atoms with Crippen LogP contribution in [0.15, 0.2) is 60.1 Å². The van der Waals surface area contributed by atoms with Crippen molar-refractivity contribution in [1.82, 2.24) is 9.97 Å². The lowest BCUT2D eigenvalue weighted by Gasteiger charge is -2.19. The first-order chi connectivity index (χ1) is 20.0. The molecule has 2 aromatic heterocycles. The lowest BCUT2D eigenvalue weighted by Crippen LogP contribution is -2.25. The maximum atomic E-state index is 14.5. The van der Waals surface area contributed by atoms with Crippen molar-refractivity contribution in [3.05, 3.63) is 92.7 Å². The van der Waals surface area contributed by atoms with Crippen LogP contribution in [-0.4, -0.2) is 42.0 Å². The summed E-state index contributed by atoms with van der Waals surface area (Å²) in [6.45, 7) is 0.694. The van der Waals surface area contributed by atoms with E-state index >= 15 is 0 Å². The fourth-order valence-corrected chi connectivity index (χ4v) is 5.89. The van der Waals surface area contributed by atoms with E-state index in [4.69, 9.17) is 27.9 Å². The Balaban J connectivity index is 1.32. The first-order valence-corrected chi connectivity index (χ1v) is 14.0. The largest absolute Gasteiger partial charge is 0.469 e. The van der Waals surface area contributed by atoms with E-state index in [1.807, 2.05) is 17.0 Å². The van der Waals surface area contributed by atoms with Crippen LogP contribution in [0.4, 0.5) is 28.5 Å². The van der Waals surface area contributed by atoms with Gasteiger partial charge in [-0.05, 0) is 35.9 Å². The van der Waals surface area contributed by atoms with Gasteiger partial charge in [0.25, 0.3) is 5.91 Å². The quantitative estimate of drug-likeness (QED) is 0.176. The third-order valence-electron chi connectivity index (χ3n) is 6.81. The first kappa shape index (κ1) is 29.7. The Morgan fingerprint density at radius 2 is 1.86 bits per heavy atom. The number of methoxy groups -OCH3 is 1. The van der Waals surface area contributed by atoms with Crippen molar-refractivity contribution < 1.29 is 31.9 Å². The number of rotatable bonds is 6.